The Morgan fingerprint density at radius 1 is 1.54 bits per heavy atom. The summed E-state index contributed by atoms with van der Waals surface area (Å²) in [4.78, 5) is 4.25. The van der Waals surface area contributed by atoms with Gasteiger partial charge in [-0.15, -0.1) is 0 Å². The first-order valence-corrected chi connectivity index (χ1v) is 5.95. The van der Waals surface area contributed by atoms with Gasteiger partial charge in [0, 0.05) is 6.61 Å². The molecule has 5 heteroatoms. The molecule has 0 aromatic carbocycles. The summed E-state index contributed by atoms with van der Waals surface area (Å²) in [7, 11) is 0. The van der Waals surface area contributed by atoms with Crippen LogP contribution in [0, 0.1) is 0 Å². The Kier molecular flexibility index (Phi) is 4.83. The molecule has 3 nitrogen and oxygen atoms in total. The lowest BCUT2D eigenvalue weighted by molar-refractivity contribution is 0.0502. The first-order chi connectivity index (χ1) is 6.27. The standard InChI is InChI=1S/C8H13BrN2OS/c1-3-5-6(12-4-2)7-10-8(9)13-11-7/h6H,3-5H2,1-2H3. The van der Waals surface area contributed by atoms with Crippen molar-refractivity contribution in [3.8, 4) is 0 Å². The fourth-order valence-electron chi connectivity index (χ4n) is 1.10. The second-order valence-corrected chi connectivity index (χ2v) is 4.67. The van der Waals surface area contributed by atoms with Crippen LogP contribution in [-0.2, 0) is 4.74 Å². The minimum absolute atomic E-state index is 0.0672. The fourth-order valence-corrected chi connectivity index (χ4v) is 1.96. The van der Waals surface area contributed by atoms with E-state index in [1.54, 1.807) is 0 Å². The zero-order valence-corrected chi connectivity index (χ0v) is 10.2. The maximum Gasteiger partial charge on any atom is 0.179 e. The van der Waals surface area contributed by atoms with Crippen LogP contribution in [0.5, 0.6) is 0 Å². The summed E-state index contributed by atoms with van der Waals surface area (Å²) < 4.78 is 10.6. The Morgan fingerprint density at radius 3 is 2.77 bits per heavy atom. The first kappa shape index (κ1) is 11.1. The third-order valence-electron chi connectivity index (χ3n) is 1.62. The van der Waals surface area contributed by atoms with Gasteiger partial charge in [0.15, 0.2) is 9.74 Å². The number of nitrogens with zero attached hydrogens (tertiary/aromatic N) is 2. The van der Waals surface area contributed by atoms with E-state index < -0.39 is 0 Å². The highest BCUT2D eigenvalue weighted by Crippen LogP contribution is 2.23. The summed E-state index contributed by atoms with van der Waals surface area (Å²) >= 11 is 4.65. The van der Waals surface area contributed by atoms with Crippen molar-refractivity contribution in [2.24, 2.45) is 0 Å². The van der Waals surface area contributed by atoms with Crippen LogP contribution in [0.4, 0.5) is 0 Å². The van der Waals surface area contributed by atoms with Crippen LogP contribution in [0.15, 0.2) is 3.92 Å². The van der Waals surface area contributed by atoms with Crippen molar-refractivity contribution < 1.29 is 4.74 Å². The average molecular weight is 265 g/mol. The third-order valence-corrected chi connectivity index (χ3v) is 2.76. The summed E-state index contributed by atoms with van der Waals surface area (Å²) in [6.07, 6.45) is 2.14. The van der Waals surface area contributed by atoms with E-state index in [2.05, 4.69) is 32.2 Å². The van der Waals surface area contributed by atoms with Crippen LogP contribution in [-0.4, -0.2) is 16.0 Å². The normalized spacial score (nSPS) is 13.2. The van der Waals surface area contributed by atoms with Gasteiger partial charge in [-0.25, -0.2) is 4.98 Å². The van der Waals surface area contributed by atoms with E-state index in [-0.39, 0.29) is 6.10 Å². The van der Waals surface area contributed by atoms with Crippen LogP contribution >= 0.6 is 27.5 Å². The van der Waals surface area contributed by atoms with Crippen molar-refractivity contribution in [1.29, 1.82) is 0 Å². The predicted molar refractivity (Wildman–Crippen MR) is 56.9 cm³/mol. The van der Waals surface area contributed by atoms with Crippen molar-refractivity contribution in [1.82, 2.24) is 9.36 Å². The van der Waals surface area contributed by atoms with E-state index in [0.717, 1.165) is 22.6 Å². The van der Waals surface area contributed by atoms with Crippen molar-refractivity contribution in [2.45, 2.75) is 32.8 Å². The Balaban J connectivity index is 2.63. The minimum atomic E-state index is 0.0672. The lowest BCUT2D eigenvalue weighted by atomic mass is 10.2. The van der Waals surface area contributed by atoms with Crippen molar-refractivity contribution in [2.75, 3.05) is 6.61 Å². The van der Waals surface area contributed by atoms with E-state index in [0.29, 0.717) is 6.61 Å². The van der Waals surface area contributed by atoms with Gasteiger partial charge in [-0.2, -0.15) is 4.37 Å². The van der Waals surface area contributed by atoms with E-state index in [1.807, 2.05) is 6.92 Å². The fraction of sp³-hybridized carbons (Fsp3) is 0.750. The van der Waals surface area contributed by atoms with Gasteiger partial charge in [0.05, 0.1) is 0 Å². The predicted octanol–water partition coefficient (Wildman–Crippen LogP) is 3.18. The number of aromatic nitrogens is 2. The van der Waals surface area contributed by atoms with Crippen LogP contribution in [0.1, 0.15) is 38.6 Å². The van der Waals surface area contributed by atoms with E-state index >= 15 is 0 Å². The molecule has 74 valence electrons. The Hall–Kier alpha value is -0.0000000000000000555. The zero-order valence-electron chi connectivity index (χ0n) is 7.79. The summed E-state index contributed by atoms with van der Waals surface area (Å²) in [6.45, 7) is 4.83. The molecule has 0 aliphatic heterocycles. The Bertz CT molecular complexity index is 248. The molecule has 0 fully saturated rings. The highest BCUT2D eigenvalue weighted by atomic mass is 79.9. The molecular formula is C8H13BrN2OS. The van der Waals surface area contributed by atoms with Gasteiger partial charge in [0.25, 0.3) is 0 Å². The molecule has 0 bridgehead atoms. The smallest absolute Gasteiger partial charge is 0.179 e. The lowest BCUT2D eigenvalue weighted by Gasteiger charge is -2.11. The second kappa shape index (κ2) is 5.67. The highest BCUT2D eigenvalue weighted by Gasteiger charge is 2.15. The van der Waals surface area contributed by atoms with Gasteiger partial charge in [-0.05, 0) is 40.8 Å². The van der Waals surface area contributed by atoms with Gasteiger partial charge >= 0.3 is 0 Å². The molecule has 1 heterocycles. The quantitative estimate of drug-likeness (QED) is 0.820. The third kappa shape index (κ3) is 3.32. The van der Waals surface area contributed by atoms with Crippen molar-refractivity contribution in [3.05, 3.63) is 9.74 Å². The number of hydrogen-bond acceptors (Lipinski definition) is 4. The van der Waals surface area contributed by atoms with Gasteiger partial charge in [0.1, 0.15) is 6.10 Å². The molecule has 13 heavy (non-hydrogen) atoms. The molecule has 1 atom stereocenters. The van der Waals surface area contributed by atoms with E-state index in [1.165, 1.54) is 11.5 Å². The summed E-state index contributed by atoms with van der Waals surface area (Å²) in [5, 5.41) is 0. The number of rotatable bonds is 5. The SMILES string of the molecule is CCCC(OCC)c1nsc(Br)n1. The molecule has 0 spiro atoms. The molecule has 0 radical (unpaired) electrons. The van der Waals surface area contributed by atoms with Crippen LogP contribution in [0.3, 0.4) is 0 Å². The summed E-state index contributed by atoms with van der Waals surface area (Å²) in [6, 6.07) is 0. The first-order valence-electron chi connectivity index (χ1n) is 4.38. The lowest BCUT2D eigenvalue weighted by Crippen LogP contribution is -2.05. The van der Waals surface area contributed by atoms with E-state index in [9.17, 15) is 0 Å². The largest absolute Gasteiger partial charge is 0.370 e. The molecule has 0 amide bonds. The molecule has 1 unspecified atom stereocenters. The molecule has 1 aromatic rings. The minimum Gasteiger partial charge on any atom is -0.370 e. The van der Waals surface area contributed by atoms with Crippen molar-refractivity contribution in [3.63, 3.8) is 0 Å². The van der Waals surface area contributed by atoms with Gasteiger partial charge in [0.2, 0.25) is 0 Å². The molecule has 0 saturated carbocycles. The molecule has 0 aliphatic carbocycles. The summed E-state index contributed by atoms with van der Waals surface area (Å²) in [5.74, 6) is 0.806. The van der Waals surface area contributed by atoms with Crippen LogP contribution < -0.4 is 0 Å². The van der Waals surface area contributed by atoms with Crippen molar-refractivity contribution >= 4 is 27.5 Å². The average Bonchev–Trinajstić information content (AvgIpc) is 2.51. The molecule has 0 N–H and O–H groups in total. The van der Waals surface area contributed by atoms with Gasteiger partial charge in [-0.3, -0.25) is 0 Å². The Morgan fingerprint density at radius 2 is 2.31 bits per heavy atom. The molecule has 0 aliphatic rings. The molecule has 1 rings (SSSR count). The van der Waals surface area contributed by atoms with Crippen LogP contribution in [0.2, 0.25) is 0 Å². The van der Waals surface area contributed by atoms with Crippen LogP contribution in [0.25, 0.3) is 0 Å². The maximum atomic E-state index is 5.54. The maximum absolute atomic E-state index is 5.54. The Labute approximate surface area is 90.8 Å². The summed E-state index contributed by atoms with van der Waals surface area (Å²) in [5.41, 5.74) is 0. The highest BCUT2D eigenvalue weighted by molar-refractivity contribution is 9.11. The number of ether oxygens (including phenoxy) is 1. The molecular weight excluding hydrogens is 252 g/mol. The zero-order chi connectivity index (χ0) is 9.68. The monoisotopic (exact) mass is 264 g/mol. The number of hydrogen-bond donors (Lipinski definition) is 0. The van der Waals surface area contributed by atoms with Gasteiger partial charge < -0.3 is 4.74 Å². The van der Waals surface area contributed by atoms with Gasteiger partial charge in [-0.1, -0.05) is 13.3 Å². The molecule has 0 saturated heterocycles. The number of halogens is 1. The molecule has 1 aromatic heterocycles. The van der Waals surface area contributed by atoms with E-state index in [4.69, 9.17) is 4.74 Å². The topological polar surface area (TPSA) is 35.0 Å². The second-order valence-electron chi connectivity index (χ2n) is 2.64.